The average Bonchev–Trinajstić information content (AvgIpc) is 2.42. The van der Waals surface area contributed by atoms with Crippen LogP contribution < -0.4 is 5.32 Å². The average molecular weight is 315 g/mol. The highest BCUT2D eigenvalue weighted by Crippen LogP contribution is 2.24. The van der Waals surface area contributed by atoms with E-state index in [9.17, 15) is 0 Å². The van der Waals surface area contributed by atoms with Crippen LogP contribution in [-0.2, 0) is 0 Å². The van der Waals surface area contributed by atoms with Crippen LogP contribution in [0.25, 0.3) is 10.9 Å². The monoisotopic (exact) mass is 314 g/mol. The van der Waals surface area contributed by atoms with Crippen molar-refractivity contribution >= 4 is 40.6 Å². The summed E-state index contributed by atoms with van der Waals surface area (Å²) in [6, 6.07) is 7.75. The predicted octanol–water partition coefficient (Wildman–Crippen LogP) is 4.27. The maximum Gasteiger partial charge on any atom is 0.0737 e. The third-order valence-electron chi connectivity index (χ3n) is 3.11. The largest absolute Gasteiger partial charge is 0.396 e. The molecule has 0 unspecified atom stereocenters. The summed E-state index contributed by atoms with van der Waals surface area (Å²) >= 11 is 5.97. The lowest BCUT2D eigenvalue weighted by Gasteiger charge is -2.09. The summed E-state index contributed by atoms with van der Waals surface area (Å²) in [5.74, 6) is 0. The molecule has 2 rings (SSSR count). The van der Waals surface area contributed by atoms with Gasteiger partial charge in [-0.3, -0.25) is 4.98 Å². The number of halogens is 2. The number of fused-ring (bicyclic) bond motifs is 1. The van der Waals surface area contributed by atoms with Gasteiger partial charge in [-0.1, -0.05) is 24.4 Å². The number of hydrogen-bond acceptors (Lipinski definition) is 3. The lowest BCUT2D eigenvalue weighted by atomic mass is 10.1. The van der Waals surface area contributed by atoms with Crippen molar-refractivity contribution < 1.29 is 5.11 Å². The van der Waals surface area contributed by atoms with Crippen LogP contribution in [0.15, 0.2) is 30.5 Å². The number of aliphatic hydroxyl groups excluding tert-OH is 1. The quantitative estimate of drug-likeness (QED) is 0.750. The van der Waals surface area contributed by atoms with Crippen molar-refractivity contribution in [1.82, 2.24) is 4.98 Å². The predicted molar refractivity (Wildman–Crippen MR) is 88.0 cm³/mol. The van der Waals surface area contributed by atoms with Gasteiger partial charge in [0.2, 0.25) is 0 Å². The molecule has 0 aliphatic heterocycles. The molecular formula is C15H20Cl2N2O. The Hall–Kier alpha value is -1.03. The van der Waals surface area contributed by atoms with Gasteiger partial charge < -0.3 is 10.4 Å². The molecule has 0 spiro atoms. The summed E-state index contributed by atoms with van der Waals surface area (Å²) in [4.78, 5) is 4.32. The van der Waals surface area contributed by atoms with E-state index in [-0.39, 0.29) is 12.4 Å². The molecule has 20 heavy (non-hydrogen) atoms. The van der Waals surface area contributed by atoms with Crippen molar-refractivity contribution in [2.75, 3.05) is 18.5 Å². The highest BCUT2D eigenvalue weighted by atomic mass is 35.5. The molecule has 1 aromatic carbocycles. The van der Waals surface area contributed by atoms with Crippen LogP contribution >= 0.6 is 24.0 Å². The fourth-order valence-corrected chi connectivity index (χ4v) is 2.26. The second-order valence-corrected chi connectivity index (χ2v) is 5.02. The van der Waals surface area contributed by atoms with E-state index < -0.39 is 0 Å². The summed E-state index contributed by atoms with van der Waals surface area (Å²) in [7, 11) is 0. The van der Waals surface area contributed by atoms with Gasteiger partial charge in [-0.2, -0.15) is 0 Å². The molecule has 0 aliphatic carbocycles. The van der Waals surface area contributed by atoms with Crippen molar-refractivity contribution in [3.63, 3.8) is 0 Å². The molecule has 0 bridgehead atoms. The Morgan fingerprint density at radius 1 is 1.10 bits per heavy atom. The molecule has 0 fully saturated rings. The highest BCUT2D eigenvalue weighted by molar-refractivity contribution is 6.31. The fraction of sp³-hybridized carbons (Fsp3) is 0.400. The Morgan fingerprint density at radius 3 is 2.70 bits per heavy atom. The molecule has 0 saturated heterocycles. The maximum absolute atomic E-state index is 8.71. The van der Waals surface area contributed by atoms with Gasteiger partial charge in [0.25, 0.3) is 0 Å². The first-order chi connectivity index (χ1) is 9.31. The van der Waals surface area contributed by atoms with E-state index in [0.717, 1.165) is 48.8 Å². The number of anilines is 1. The second kappa shape index (κ2) is 9.01. The number of benzene rings is 1. The highest BCUT2D eigenvalue weighted by Gasteiger charge is 2.01. The summed E-state index contributed by atoms with van der Waals surface area (Å²) < 4.78 is 0. The Morgan fingerprint density at radius 2 is 1.90 bits per heavy atom. The molecule has 1 heterocycles. The maximum atomic E-state index is 8.71. The van der Waals surface area contributed by atoms with Gasteiger partial charge in [-0.15, -0.1) is 12.4 Å². The number of nitrogens with zero attached hydrogens (tertiary/aromatic N) is 1. The number of nitrogens with one attached hydrogen (secondary N) is 1. The van der Waals surface area contributed by atoms with Crippen LogP contribution in [0, 0.1) is 0 Å². The van der Waals surface area contributed by atoms with Crippen molar-refractivity contribution in [3.05, 3.63) is 35.5 Å². The first kappa shape index (κ1) is 17.0. The molecule has 2 aromatic rings. The van der Waals surface area contributed by atoms with E-state index in [2.05, 4.69) is 10.3 Å². The molecule has 3 nitrogen and oxygen atoms in total. The van der Waals surface area contributed by atoms with Crippen LogP contribution in [0.1, 0.15) is 25.7 Å². The van der Waals surface area contributed by atoms with Gasteiger partial charge in [0.15, 0.2) is 0 Å². The van der Waals surface area contributed by atoms with E-state index in [0.29, 0.717) is 11.6 Å². The molecule has 0 amide bonds. The lowest BCUT2D eigenvalue weighted by Crippen LogP contribution is -2.02. The zero-order valence-corrected chi connectivity index (χ0v) is 12.9. The smallest absolute Gasteiger partial charge is 0.0737 e. The Bertz CT molecular complexity index is 534. The Kier molecular flexibility index (Phi) is 7.67. The normalized spacial score (nSPS) is 10.3. The van der Waals surface area contributed by atoms with E-state index >= 15 is 0 Å². The molecule has 1 aromatic heterocycles. The van der Waals surface area contributed by atoms with Crippen molar-refractivity contribution in [2.24, 2.45) is 0 Å². The van der Waals surface area contributed by atoms with E-state index in [1.807, 2.05) is 24.3 Å². The molecule has 5 heteroatoms. The first-order valence-electron chi connectivity index (χ1n) is 6.70. The zero-order valence-electron chi connectivity index (χ0n) is 11.3. The van der Waals surface area contributed by atoms with E-state index in [1.165, 1.54) is 0 Å². The summed E-state index contributed by atoms with van der Waals surface area (Å²) in [6.07, 6.45) is 6.04. The summed E-state index contributed by atoms with van der Waals surface area (Å²) in [6.45, 7) is 1.23. The standard InChI is InChI=1S/C15H19ClN2O.ClH/c16-12-5-6-13-14(7-9-18-15(13)11-12)17-8-3-1-2-4-10-19;/h5-7,9,11,19H,1-4,8,10H2,(H,17,18);1H. The number of hydrogen-bond donors (Lipinski definition) is 2. The van der Waals surface area contributed by atoms with Gasteiger partial charge in [0, 0.05) is 35.4 Å². The van der Waals surface area contributed by atoms with Crippen LogP contribution in [0.3, 0.4) is 0 Å². The molecule has 0 atom stereocenters. The minimum Gasteiger partial charge on any atom is -0.396 e. The van der Waals surface area contributed by atoms with Gasteiger partial charge in [0.1, 0.15) is 0 Å². The number of aliphatic hydroxyl groups is 1. The van der Waals surface area contributed by atoms with Gasteiger partial charge in [-0.25, -0.2) is 0 Å². The summed E-state index contributed by atoms with van der Waals surface area (Å²) in [5.41, 5.74) is 2.02. The molecule has 2 N–H and O–H groups in total. The minimum absolute atomic E-state index is 0. The Labute approximate surface area is 130 Å². The van der Waals surface area contributed by atoms with Crippen LogP contribution in [0.4, 0.5) is 5.69 Å². The van der Waals surface area contributed by atoms with E-state index in [4.69, 9.17) is 16.7 Å². The van der Waals surface area contributed by atoms with E-state index in [1.54, 1.807) is 6.20 Å². The van der Waals surface area contributed by atoms with Crippen molar-refractivity contribution in [2.45, 2.75) is 25.7 Å². The third kappa shape index (κ3) is 4.82. The van der Waals surface area contributed by atoms with Gasteiger partial charge in [0.05, 0.1) is 5.52 Å². The number of rotatable bonds is 7. The summed E-state index contributed by atoms with van der Waals surface area (Å²) in [5, 5.41) is 14.0. The lowest BCUT2D eigenvalue weighted by molar-refractivity contribution is 0.283. The molecule has 0 aliphatic rings. The van der Waals surface area contributed by atoms with Crippen molar-refractivity contribution in [3.8, 4) is 0 Å². The molecule has 0 radical (unpaired) electrons. The van der Waals surface area contributed by atoms with Crippen molar-refractivity contribution in [1.29, 1.82) is 0 Å². The van der Waals surface area contributed by atoms with Crippen LogP contribution in [0.2, 0.25) is 5.02 Å². The van der Waals surface area contributed by atoms with Crippen LogP contribution in [0.5, 0.6) is 0 Å². The SMILES string of the molecule is Cl.OCCCCCCNc1ccnc2cc(Cl)ccc12. The number of pyridine rings is 1. The molecule has 0 saturated carbocycles. The van der Waals surface area contributed by atoms with Gasteiger partial charge in [-0.05, 0) is 37.1 Å². The third-order valence-corrected chi connectivity index (χ3v) is 3.34. The minimum atomic E-state index is 0. The first-order valence-corrected chi connectivity index (χ1v) is 7.08. The molecule has 110 valence electrons. The van der Waals surface area contributed by atoms with Crippen LogP contribution in [-0.4, -0.2) is 23.2 Å². The number of unbranched alkanes of at least 4 members (excludes halogenated alkanes) is 3. The second-order valence-electron chi connectivity index (χ2n) is 4.58. The Balaban J connectivity index is 0.00000200. The number of aromatic nitrogens is 1. The van der Waals surface area contributed by atoms with Gasteiger partial charge >= 0.3 is 0 Å². The molecular weight excluding hydrogens is 295 g/mol. The fourth-order valence-electron chi connectivity index (χ4n) is 2.09. The topological polar surface area (TPSA) is 45.1 Å². The zero-order chi connectivity index (χ0) is 13.5.